The number of nitrogens with one attached hydrogen (secondary N) is 1. The van der Waals surface area contributed by atoms with Crippen molar-refractivity contribution in [3.05, 3.63) is 71.3 Å². The lowest BCUT2D eigenvalue weighted by Gasteiger charge is -2.08. The number of hydrogen-bond acceptors (Lipinski definition) is 4. The van der Waals surface area contributed by atoms with Gasteiger partial charge in [-0.2, -0.15) is 0 Å². The minimum atomic E-state index is -0.543. The van der Waals surface area contributed by atoms with Gasteiger partial charge >= 0.3 is 0 Å². The van der Waals surface area contributed by atoms with Crippen LogP contribution >= 0.6 is 11.6 Å². The fourth-order valence-corrected chi connectivity index (χ4v) is 2.27. The maximum Gasteiger partial charge on any atom is 0.269 e. The third-order valence-electron chi connectivity index (χ3n) is 3.35. The quantitative estimate of drug-likeness (QED) is 0.764. The second kappa shape index (κ2) is 7.27. The van der Waals surface area contributed by atoms with Crippen LogP contribution in [0.3, 0.4) is 0 Å². The van der Waals surface area contributed by atoms with Gasteiger partial charge in [-0.05, 0) is 48.5 Å². The molecule has 0 aliphatic carbocycles. The van der Waals surface area contributed by atoms with Crippen LogP contribution in [0.2, 0.25) is 5.02 Å². The molecule has 1 heterocycles. The van der Waals surface area contributed by atoms with Gasteiger partial charge in [-0.1, -0.05) is 11.6 Å². The average molecular weight is 358 g/mol. The topological polar surface area (TPSA) is 64.1 Å². The first kappa shape index (κ1) is 16.9. The lowest BCUT2D eigenvalue weighted by atomic mass is 10.2. The summed E-state index contributed by atoms with van der Waals surface area (Å²) in [7, 11) is 1.53. The van der Waals surface area contributed by atoms with Gasteiger partial charge in [-0.25, -0.2) is 14.4 Å². The van der Waals surface area contributed by atoms with Crippen LogP contribution in [0.1, 0.15) is 10.5 Å². The summed E-state index contributed by atoms with van der Waals surface area (Å²) in [4.78, 5) is 20.0. The van der Waals surface area contributed by atoms with Gasteiger partial charge in [0.15, 0.2) is 17.4 Å². The molecular weight excluding hydrogens is 345 g/mol. The summed E-state index contributed by atoms with van der Waals surface area (Å²) in [5, 5.41) is 2.81. The van der Waals surface area contributed by atoms with E-state index in [0.717, 1.165) is 0 Å². The summed E-state index contributed by atoms with van der Waals surface area (Å²) in [5.41, 5.74) is 0.978. The number of rotatable bonds is 4. The molecular formula is C18H13ClFN3O2. The van der Waals surface area contributed by atoms with Crippen molar-refractivity contribution >= 4 is 17.5 Å². The number of aromatic nitrogens is 2. The molecule has 1 N–H and O–H groups in total. The molecule has 5 nitrogen and oxygen atoms in total. The minimum Gasteiger partial charge on any atom is -0.454 e. The number of ether oxygens (including phenoxy) is 1. The Morgan fingerprint density at radius 1 is 1.16 bits per heavy atom. The number of nitrogens with zero attached hydrogens (tertiary/aromatic N) is 2. The van der Waals surface area contributed by atoms with E-state index in [-0.39, 0.29) is 17.4 Å². The molecule has 0 atom stereocenters. The van der Waals surface area contributed by atoms with E-state index in [1.54, 1.807) is 30.3 Å². The van der Waals surface area contributed by atoms with Crippen molar-refractivity contribution in [1.82, 2.24) is 15.3 Å². The van der Waals surface area contributed by atoms with Gasteiger partial charge in [-0.3, -0.25) is 4.79 Å². The Labute approximate surface area is 148 Å². The summed E-state index contributed by atoms with van der Waals surface area (Å²) < 4.78 is 19.3. The largest absolute Gasteiger partial charge is 0.454 e. The molecule has 0 saturated carbocycles. The standard InChI is InChI=1S/C18H13ClFN3O2/c1-21-18(24)15-8-9-22-17(23-15)11-2-5-13(6-3-11)25-16-7-4-12(19)10-14(16)20/h2-10H,1H3,(H,21,24). The maximum atomic E-state index is 13.8. The molecule has 7 heteroatoms. The molecule has 126 valence electrons. The highest BCUT2D eigenvalue weighted by molar-refractivity contribution is 6.30. The van der Waals surface area contributed by atoms with E-state index in [4.69, 9.17) is 16.3 Å². The molecule has 0 saturated heterocycles. The lowest BCUT2D eigenvalue weighted by Crippen LogP contribution is -2.19. The van der Waals surface area contributed by atoms with Crippen LogP contribution in [-0.4, -0.2) is 22.9 Å². The van der Waals surface area contributed by atoms with Gasteiger partial charge in [0.2, 0.25) is 0 Å². The maximum absolute atomic E-state index is 13.8. The van der Waals surface area contributed by atoms with Crippen LogP contribution in [0, 0.1) is 5.82 Å². The molecule has 3 rings (SSSR count). The van der Waals surface area contributed by atoms with Gasteiger partial charge in [-0.15, -0.1) is 0 Å². The first-order valence-corrected chi connectivity index (χ1v) is 7.73. The van der Waals surface area contributed by atoms with Crippen molar-refractivity contribution < 1.29 is 13.9 Å². The molecule has 1 aromatic heterocycles. The molecule has 0 aliphatic heterocycles. The Morgan fingerprint density at radius 2 is 1.92 bits per heavy atom. The monoisotopic (exact) mass is 357 g/mol. The van der Waals surface area contributed by atoms with Crippen molar-refractivity contribution in [2.45, 2.75) is 0 Å². The van der Waals surface area contributed by atoms with Crippen molar-refractivity contribution in [1.29, 1.82) is 0 Å². The normalized spacial score (nSPS) is 10.4. The number of carbonyl (C=O) groups excluding carboxylic acids is 1. The summed E-state index contributed by atoms with van der Waals surface area (Å²) in [6.07, 6.45) is 1.51. The fraction of sp³-hybridized carbons (Fsp3) is 0.0556. The number of amides is 1. The van der Waals surface area contributed by atoms with Gasteiger partial charge in [0.1, 0.15) is 11.4 Å². The van der Waals surface area contributed by atoms with Crippen LogP contribution in [0.25, 0.3) is 11.4 Å². The van der Waals surface area contributed by atoms with E-state index < -0.39 is 5.82 Å². The van der Waals surface area contributed by atoms with Crippen molar-refractivity contribution in [3.8, 4) is 22.9 Å². The average Bonchev–Trinajstić information content (AvgIpc) is 2.64. The van der Waals surface area contributed by atoms with E-state index in [1.807, 2.05) is 0 Å². The lowest BCUT2D eigenvalue weighted by molar-refractivity contribution is 0.0958. The predicted octanol–water partition coefficient (Wildman–Crippen LogP) is 4.09. The molecule has 1 amide bonds. The molecule has 0 aliphatic rings. The summed E-state index contributed by atoms with van der Waals surface area (Å²) in [6, 6.07) is 12.5. The van der Waals surface area contributed by atoms with Crippen molar-refractivity contribution in [2.24, 2.45) is 0 Å². The highest BCUT2D eigenvalue weighted by Crippen LogP contribution is 2.28. The van der Waals surface area contributed by atoms with E-state index in [1.165, 1.54) is 31.4 Å². The molecule has 3 aromatic rings. The Balaban J connectivity index is 1.81. The molecule has 2 aromatic carbocycles. The van der Waals surface area contributed by atoms with Gasteiger partial charge in [0, 0.05) is 23.8 Å². The highest BCUT2D eigenvalue weighted by atomic mass is 35.5. The Kier molecular flexibility index (Phi) is 4.90. The molecule has 0 radical (unpaired) electrons. The predicted molar refractivity (Wildman–Crippen MR) is 92.3 cm³/mol. The van der Waals surface area contributed by atoms with Crippen LogP contribution in [0.4, 0.5) is 4.39 Å². The smallest absolute Gasteiger partial charge is 0.269 e. The number of carbonyl (C=O) groups is 1. The van der Waals surface area contributed by atoms with E-state index in [9.17, 15) is 9.18 Å². The zero-order valence-electron chi connectivity index (χ0n) is 13.2. The summed E-state index contributed by atoms with van der Waals surface area (Å²) >= 11 is 5.72. The molecule has 0 fully saturated rings. The van der Waals surface area contributed by atoms with Gasteiger partial charge in [0.05, 0.1) is 0 Å². The first-order chi connectivity index (χ1) is 12.1. The fourth-order valence-electron chi connectivity index (χ4n) is 2.11. The zero-order valence-corrected chi connectivity index (χ0v) is 13.9. The van der Waals surface area contributed by atoms with E-state index >= 15 is 0 Å². The minimum absolute atomic E-state index is 0.0787. The Hall–Kier alpha value is -2.99. The van der Waals surface area contributed by atoms with Crippen LogP contribution in [-0.2, 0) is 0 Å². The SMILES string of the molecule is CNC(=O)c1ccnc(-c2ccc(Oc3ccc(Cl)cc3F)cc2)n1. The summed E-state index contributed by atoms with van der Waals surface area (Å²) in [6.45, 7) is 0. The van der Waals surface area contributed by atoms with E-state index in [0.29, 0.717) is 22.2 Å². The Bertz CT molecular complexity index is 916. The number of halogens is 2. The molecule has 0 unspecified atom stereocenters. The molecule has 0 spiro atoms. The highest BCUT2D eigenvalue weighted by Gasteiger charge is 2.09. The van der Waals surface area contributed by atoms with Crippen LogP contribution < -0.4 is 10.1 Å². The van der Waals surface area contributed by atoms with Crippen molar-refractivity contribution in [2.75, 3.05) is 7.05 Å². The Morgan fingerprint density at radius 3 is 2.60 bits per heavy atom. The van der Waals surface area contributed by atoms with Crippen LogP contribution in [0.15, 0.2) is 54.7 Å². The first-order valence-electron chi connectivity index (χ1n) is 7.35. The summed E-state index contributed by atoms with van der Waals surface area (Å²) in [5.74, 6) is 0.104. The second-order valence-electron chi connectivity index (χ2n) is 5.05. The third-order valence-corrected chi connectivity index (χ3v) is 3.58. The van der Waals surface area contributed by atoms with Gasteiger partial charge in [0.25, 0.3) is 5.91 Å². The third kappa shape index (κ3) is 3.92. The number of hydrogen-bond donors (Lipinski definition) is 1. The zero-order chi connectivity index (χ0) is 17.8. The molecule has 0 bridgehead atoms. The second-order valence-corrected chi connectivity index (χ2v) is 5.48. The number of benzene rings is 2. The van der Waals surface area contributed by atoms with E-state index in [2.05, 4.69) is 15.3 Å². The van der Waals surface area contributed by atoms with Crippen LogP contribution in [0.5, 0.6) is 11.5 Å². The van der Waals surface area contributed by atoms with Crippen molar-refractivity contribution in [3.63, 3.8) is 0 Å². The molecule has 25 heavy (non-hydrogen) atoms. The van der Waals surface area contributed by atoms with Gasteiger partial charge < -0.3 is 10.1 Å².